The SMILES string of the molecule is CCNC1CCCN(C(=O)C(C)(C)OC)c2ccccc21. The molecule has 2 rings (SSSR count). The molecule has 1 atom stereocenters. The van der Waals surface area contributed by atoms with E-state index in [1.165, 1.54) is 5.56 Å². The summed E-state index contributed by atoms with van der Waals surface area (Å²) in [5.41, 5.74) is 1.42. The van der Waals surface area contributed by atoms with Crippen LogP contribution in [0, 0.1) is 0 Å². The average Bonchev–Trinajstić information content (AvgIpc) is 2.67. The van der Waals surface area contributed by atoms with Crippen molar-refractivity contribution in [3.8, 4) is 0 Å². The zero-order valence-electron chi connectivity index (χ0n) is 13.5. The minimum absolute atomic E-state index is 0.0228. The number of methoxy groups -OCH3 is 1. The normalized spacial score (nSPS) is 19.0. The lowest BCUT2D eigenvalue weighted by molar-refractivity contribution is -0.136. The van der Waals surface area contributed by atoms with Gasteiger partial charge in [0.1, 0.15) is 5.60 Å². The first-order chi connectivity index (χ1) is 10.0. The van der Waals surface area contributed by atoms with Gasteiger partial charge in [-0.2, -0.15) is 0 Å². The number of nitrogens with one attached hydrogen (secondary N) is 1. The molecule has 1 amide bonds. The van der Waals surface area contributed by atoms with Crippen molar-refractivity contribution in [2.24, 2.45) is 0 Å². The number of fused-ring (bicyclic) bond motifs is 1. The summed E-state index contributed by atoms with van der Waals surface area (Å²) >= 11 is 0. The minimum Gasteiger partial charge on any atom is -0.369 e. The van der Waals surface area contributed by atoms with Gasteiger partial charge in [-0.1, -0.05) is 25.1 Å². The second-order valence-electron chi connectivity index (χ2n) is 5.98. The van der Waals surface area contributed by atoms with E-state index in [1.807, 2.05) is 36.9 Å². The molecule has 0 saturated heterocycles. The number of para-hydroxylation sites is 1. The smallest absolute Gasteiger partial charge is 0.258 e. The number of nitrogens with zero attached hydrogens (tertiary/aromatic N) is 1. The number of benzene rings is 1. The van der Waals surface area contributed by atoms with E-state index in [4.69, 9.17) is 4.74 Å². The predicted octanol–water partition coefficient (Wildman–Crippen LogP) is 2.89. The second-order valence-corrected chi connectivity index (χ2v) is 5.98. The second kappa shape index (κ2) is 6.58. The number of amides is 1. The van der Waals surface area contributed by atoms with Gasteiger partial charge < -0.3 is 15.0 Å². The number of ether oxygens (including phenoxy) is 1. The van der Waals surface area contributed by atoms with Gasteiger partial charge in [0.25, 0.3) is 5.91 Å². The minimum atomic E-state index is -0.800. The summed E-state index contributed by atoms with van der Waals surface area (Å²) in [5, 5.41) is 3.52. The van der Waals surface area contributed by atoms with Crippen LogP contribution in [0.5, 0.6) is 0 Å². The van der Waals surface area contributed by atoms with E-state index in [0.717, 1.165) is 31.6 Å². The summed E-state index contributed by atoms with van der Waals surface area (Å²) in [7, 11) is 1.59. The summed E-state index contributed by atoms with van der Waals surface area (Å²) in [6, 6.07) is 8.50. The molecule has 1 aliphatic heterocycles. The monoisotopic (exact) mass is 290 g/mol. The van der Waals surface area contributed by atoms with Gasteiger partial charge in [0.15, 0.2) is 0 Å². The molecule has 1 heterocycles. The van der Waals surface area contributed by atoms with Crippen LogP contribution in [0.2, 0.25) is 0 Å². The van der Waals surface area contributed by atoms with Crippen molar-refractivity contribution in [1.82, 2.24) is 5.32 Å². The molecule has 1 aliphatic rings. The molecule has 0 radical (unpaired) electrons. The van der Waals surface area contributed by atoms with E-state index >= 15 is 0 Å². The van der Waals surface area contributed by atoms with Gasteiger partial charge in [-0.25, -0.2) is 0 Å². The molecule has 1 unspecified atom stereocenters. The Morgan fingerprint density at radius 2 is 2.14 bits per heavy atom. The predicted molar refractivity (Wildman–Crippen MR) is 85.5 cm³/mol. The zero-order chi connectivity index (χ0) is 15.5. The summed E-state index contributed by atoms with van der Waals surface area (Å²) in [6.07, 6.45) is 2.03. The molecule has 21 heavy (non-hydrogen) atoms. The molecule has 0 bridgehead atoms. The van der Waals surface area contributed by atoms with Crippen LogP contribution in [-0.2, 0) is 9.53 Å². The van der Waals surface area contributed by atoms with Gasteiger partial charge in [-0.3, -0.25) is 4.79 Å². The number of hydrogen-bond donors (Lipinski definition) is 1. The first-order valence-corrected chi connectivity index (χ1v) is 7.70. The first kappa shape index (κ1) is 16.0. The summed E-state index contributed by atoms with van der Waals surface area (Å²) in [4.78, 5) is 14.7. The highest BCUT2D eigenvalue weighted by atomic mass is 16.5. The molecule has 4 nitrogen and oxygen atoms in total. The fraction of sp³-hybridized carbons (Fsp3) is 0.588. The molecule has 1 aromatic rings. The molecule has 1 N–H and O–H groups in total. The van der Waals surface area contributed by atoms with Gasteiger partial charge in [0.05, 0.1) is 0 Å². The Morgan fingerprint density at radius 3 is 2.81 bits per heavy atom. The molecule has 0 aromatic heterocycles. The molecular weight excluding hydrogens is 264 g/mol. The van der Waals surface area contributed by atoms with Gasteiger partial charge in [-0.05, 0) is 44.9 Å². The van der Waals surface area contributed by atoms with E-state index < -0.39 is 5.60 Å². The molecule has 4 heteroatoms. The third kappa shape index (κ3) is 3.27. The van der Waals surface area contributed by atoms with Crippen LogP contribution in [0.4, 0.5) is 5.69 Å². The fourth-order valence-corrected chi connectivity index (χ4v) is 2.84. The summed E-state index contributed by atoms with van der Waals surface area (Å²) in [5.74, 6) is 0.0228. The summed E-state index contributed by atoms with van der Waals surface area (Å²) < 4.78 is 5.38. The van der Waals surface area contributed by atoms with Crippen molar-refractivity contribution in [2.45, 2.75) is 45.3 Å². The Bertz CT molecular complexity index is 499. The van der Waals surface area contributed by atoms with Crippen molar-refractivity contribution in [2.75, 3.05) is 25.1 Å². The van der Waals surface area contributed by atoms with E-state index in [2.05, 4.69) is 18.3 Å². The lowest BCUT2D eigenvalue weighted by Gasteiger charge is -2.31. The lowest BCUT2D eigenvalue weighted by Crippen LogP contribution is -2.47. The standard InChI is InChI=1S/C17H26N2O2/c1-5-18-14-10-8-12-19(16(20)17(2,3)21-4)15-11-7-6-9-13(14)15/h6-7,9,11,14,18H,5,8,10,12H2,1-4H3. The zero-order valence-corrected chi connectivity index (χ0v) is 13.5. The van der Waals surface area contributed by atoms with E-state index in [0.29, 0.717) is 6.04 Å². The van der Waals surface area contributed by atoms with Crippen LogP contribution in [0.3, 0.4) is 0 Å². The van der Waals surface area contributed by atoms with E-state index in [1.54, 1.807) is 7.11 Å². The summed E-state index contributed by atoms with van der Waals surface area (Å²) in [6.45, 7) is 7.43. The highest BCUT2D eigenvalue weighted by Gasteiger charge is 2.35. The van der Waals surface area contributed by atoms with Crippen molar-refractivity contribution in [3.05, 3.63) is 29.8 Å². The number of carbonyl (C=O) groups excluding carboxylic acids is 1. The number of anilines is 1. The molecule has 0 spiro atoms. The Kier molecular flexibility index (Phi) is 5.01. The van der Waals surface area contributed by atoms with Crippen LogP contribution in [0.25, 0.3) is 0 Å². The van der Waals surface area contributed by atoms with Crippen molar-refractivity contribution >= 4 is 11.6 Å². The van der Waals surface area contributed by atoms with Gasteiger partial charge in [-0.15, -0.1) is 0 Å². The Labute approximate surface area is 127 Å². The third-order valence-electron chi connectivity index (χ3n) is 4.20. The quantitative estimate of drug-likeness (QED) is 0.927. The maximum Gasteiger partial charge on any atom is 0.258 e. The highest BCUT2D eigenvalue weighted by Crippen LogP contribution is 2.34. The molecule has 116 valence electrons. The van der Waals surface area contributed by atoms with Crippen LogP contribution < -0.4 is 10.2 Å². The maximum atomic E-state index is 12.8. The third-order valence-corrected chi connectivity index (χ3v) is 4.20. The Morgan fingerprint density at radius 1 is 1.43 bits per heavy atom. The fourth-order valence-electron chi connectivity index (χ4n) is 2.84. The highest BCUT2D eigenvalue weighted by molar-refractivity contribution is 5.99. The van der Waals surface area contributed by atoms with Crippen molar-refractivity contribution < 1.29 is 9.53 Å². The van der Waals surface area contributed by atoms with Crippen LogP contribution in [-0.4, -0.2) is 31.7 Å². The van der Waals surface area contributed by atoms with Crippen LogP contribution in [0.15, 0.2) is 24.3 Å². The molecule has 0 fully saturated rings. The lowest BCUT2D eigenvalue weighted by atomic mass is 10.0. The number of rotatable bonds is 4. The number of hydrogen-bond acceptors (Lipinski definition) is 3. The Balaban J connectivity index is 2.40. The maximum absolute atomic E-state index is 12.8. The van der Waals surface area contributed by atoms with Crippen LogP contribution in [0.1, 0.15) is 45.2 Å². The molecule has 1 aromatic carbocycles. The molecule has 0 saturated carbocycles. The molecule has 0 aliphatic carbocycles. The van der Waals surface area contributed by atoms with Crippen LogP contribution >= 0.6 is 0 Å². The van der Waals surface area contributed by atoms with Crippen molar-refractivity contribution in [1.29, 1.82) is 0 Å². The number of carbonyl (C=O) groups is 1. The van der Waals surface area contributed by atoms with Gasteiger partial charge in [0, 0.05) is 25.4 Å². The topological polar surface area (TPSA) is 41.6 Å². The first-order valence-electron chi connectivity index (χ1n) is 7.70. The van der Waals surface area contributed by atoms with Gasteiger partial charge in [0.2, 0.25) is 0 Å². The van der Waals surface area contributed by atoms with E-state index in [-0.39, 0.29) is 5.91 Å². The van der Waals surface area contributed by atoms with E-state index in [9.17, 15) is 4.79 Å². The molecular formula is C17H26N2O2. The van der Waals surface area contributed by atoms with Crippen molar-refractivity contribution in [3.63, 3.8) is 0 Å². The van der Waals surface area contributed by atoms with Gasteiger partial charge >= 0.3 is 0 Å². The largest absolute Gasteiger partial charge is 0.369 e. The Hall–Kier alpha value is -1.39. The average molecular weight is 290 g/mol.